The first kappa shape index (κ1) is 15.8. The Morgan fingerprint density at radius 2 is 2.00 bits per heavy atom. The Morgan fingerprint density at radius 3 is 2.50 bits per heavy atom. The molecule has 0 aromatic heterocycles. The van der Waals surface area contributed by atoms with Gasteiger partial charge in [-0.25, -0.2) is 0 Å². The minimum atomic E-state index is -0.144. The first-order chi connectivity index (χ1) is 8.45. The van der Waals surface area contributed by atoms with E-state index < -0.39 is 0 Å². The van der Waals surface area contributed by atoms with E-state index in [0.29, 0.717) is 17.5 Å². The third-order valence-corrected chi connectivity index (χ3v) is 4.61. The van der Waals surface area contributed by atoms with Gasteiger partial charge in [0.05, 0.1) is 12.5 Å². The minimum absolute atomic E-state index is 0.128. The molecule has 1 aliphatic rings. The standard InChI is InChI=1S/C13H26N2O2S/c1-9(2)15(10(3)4)7-6-12-14-11(8-18-12)13(16)17-5/h9-12,14H,6-8H2,1-5H3/t11-,12?/m1/s1. The zero-order valence-corrected chi connectivity index (χ0v) is 12.9. The van der Waals surface area contributed by atoms with Crippen molar-refractivity contribution in [1.82, 2.24) is 10.2 Å². The van der Waals surface area contributed by atoms with Crippen LogP contribution in [0.4, 0.5) is 0 Å². The number of hydrogen-bond donors (Lipinski definition) is 1. The summed E-state index contributed by atoms with van der Waals surface area (Å²) in [6.07, 6.45) is 1.06. The van der Waals surface area contributed by atoms with Gasteiger partial charge in [-0.1, -0.05) is 0 Å². The van der Waals surface area contributed by atoms with Crippen molar-refractivity contribution >= 4 is 17.7 Å². The van der Waals surface area contributed by atoms with Gasteiger partial charge in [-0.15, -0.1) is 11.8 Å². The summed E-state index contributed by atoms with van der Waals surface area (Å²) in [4.78, 5) is 13.9. The van der Waals surface area contributed by atoms with E-state index >= 15 is 0 Å². The van der Waals surface area contributed by atoms with Crippen LogP contribution in [0.3, 0.4) is 0 Å². The third kappa shape index (κ3) is 4.44. The van der Waals surface area contributed by atoms with Crippen molar-refractivity contribution in [2.45, 2.75) is 57.6 Å². The predicted molar refractivity (Wildman–Crippen MR) is 76.8 cm³/mol. The second-order valence-corrected chi connectivity index (χ2v) is 6.51. The van der Waals surface area contributed by atoms with Crippen LogP contribution < -0.4 is 5.32 Å². The van der Waals surface area contributed by atoms with E-state index in [9.17, 15) is 4.79 Å². The molecule has 1 fully saturated rings. The maximum Gasteiger partial charge on any atom is 0.323 e. The molecule has 1 heterocycles. The molecular formula is C13H26N2O2S. The van der Waals surface area contributed by atoms with Crippen LogP contribution in [0.15, 0.2) is 0 Å². The molecule has 4 nitrogen and oxygen atoms in total. The number of thioether (sulfide) groups is 1. The molecule has 0 aromatic carbocycles. The van der Waals surface area contributed by atoms with Crippen molar-refractivity contribution in [2.24, 2.45) is 0 Å². The summed E-state index contributed by atoms with van der Waals surface area (Å²) in [7, 11) is 1.45. The normalized spacial score (nSPS) is 24.2. The Kier molecular flexibility index (Phi) is 6.46. The van der Waals surface area contributed by atoms with Crippen LogP contribution in [0.1, 0.15) is 34.1 Å². The van der Waals surface area contributed by atoms with Gasteiger partial charge in [0.15, 0.2) is 0 Å². The number of ether oxygens (including phenoxy) is 1. The molecule has 0 aliphatic carbocycles. The molecule has 1 unspecified atom stereocenters. The zero-order valence-electron chi connectivity index (χ0n) is 12.1. The molecule has 1 aliphatic heterocycles. The second kappa shape index (κ2) is 7.36. The monoisotopic (exact) mass is 274 g/mol. The van der Waals surface area contributed by atoms with Crippen LogP contribution in [0.5, 0.6) is 0 Å². The number of carbonyl (C=O) groups excluding carboxylic acids is 1. The molecule has 1 rings (SSSR count). The number of rotatable bonds is 6. The smallest absolute Gasteiger partial charge is 0.323 e. The topological polar surface area (TPSA) is 41.6 Å². The average molecular weight is 274 g/mol. The summed E-state index contributed by atoms with van der Waals surface area (Å²) in [5.41, 5.74) is 0. The Bertz CT molecular complexity index is 264. The molecule has 0 aromatic rings. The van der Waals surface area contributed by atoms with Crippen molar-refractivity contribution < 1.29 is 9.53 Å². The van der Waals surface area contributed by atoms with Crippen molar-refractivity contribution in [3.05, 3.63) is 0 Å². The summed E-state index contributed by atoms with van der Waals surface area (Å²) in [6.45, 7) is 9.98. The van der Waals surface area contributed by atoms with Crippen LogP contribution in [0, 0.1) is 0 Å². The average Bonchev–Trinajstić information content (AvgIpc) is 2.76. The highest BCUT2D eigenvalue weighted by atomic mass is 32.2. The highest BCUT2D eigenvalue weighted by Crippen LogP contribution is 2.23. The van der Waals surface area contributed by atoms with Crippen LogP contribution in [-0.2, 0) is 9.53 Å². The second-order valence-electron chi connectivity index (χ2n) is 5.28. The molecule has 5 heteroatoms. The van der Waals surface area contributed by atoms with Gasteiger partial charge < -0.3 is 4.74 Å². The Hall–Kier alpha value is -0.260. The maximum absolute atomic E-state index is 11.4. The van der Waals surface area contributed by atoms with Crippen molar-refractivity contribution in [3.8, 4) is 0 Å². The van der Waals surface area contributed by atoms with Gasteiger partial charge in [0.2, 0.25) is 0 Å². The van der Waals surface area contributed by atoms with Crippen LogP contribution in [0.25, 0.3) is 0 Å². The number of carbonyl (C=O) groups is 1. The molecule has 1 saturated heterocycles. The van der Waals surface area contributed by atoms with Crippen LogP contribution in [-0.4, -0.2) is 53.8 Å². The molecule has 2 atom stereocenters. The molecule has 0 amide bonds. The van der Waals surface area contributed by atoms with E-state index in [1.807, 2.05) is 11.8 Å². The molecule has 0 saturated carbocycles. The highest BCUT2D eigenvalue weighted by Gasteiger charge is 2.30. The molecule has 0 spiro atoms. The summed E-state index contributed by atoms with van der Waals surface area (Å²) in [5, 5.41) is 3.71. The lowest BCUT2D eigenvalue weighted by atomic mass is 10.2. The Morgan fingerprint density at radius 1 is 1.39 bits per heavy atom. The van der Waals surface area contributed by atoms with E-state index in [4.69, 9.17) is 4.74 Å². The van der Waals surface area contributed by atoms with Gasteiger partial charge in [-0.2, -0.15) is 0 Å². The largest absolute Gasteiger partial charge is 0.468 e. The first-order valence-corrected chi connectivity index (χ1v) is 7.71. The lowest BCUT2D eigenvalue weighted by molar-refractivity contribution is -0.142. The highest BCUT2D eigenvalue weighted by molar-refractivity contribution is 8.00. The zero-order chi connectivity index (χ0) is 13.7. The van der Waals surface area contributed by atoms with Crippen molar-refractivity contribution in [1.29, 1.82) is 0 Å². The van der Waals surface area contributed by atoms with Crippen LogP contribution in [0.2, 0.25) is 0 Å². The fourth-order valence-corrected chi connectivity index (χ4v) is 3.55. The molecule has 0 radical (unpaired) electrons. The quantitative estimate of drug-likeness (QED) is 0.747. The van der Waals surface area contributed by atoms with Crippen LogP contribution >= 0.6 is 11.8 Å². The van der Waals surface area contributed by atoms with Crippen molar-refractivity contribution in [2.75, 3.05) is 19.4 Å². The predicted octanol–water partition coefficient (Wildman–Crippen LogP) is 1.70. The number of hydrogen-bond acceptors (Lipinski definition) is 5. The Labute approximate surface area is 115 Å². The lowest BCUT2D eigenvalue weighted by Gasteiger charge is -2.31. The third-order valence-electron chi connectivity index (χ3n) is 3.31. The van der Waals surface area contributed by atoms with E-state index in [1.165, 1.54) is 7.11 Å². The fourth-order valence-electron chi connectivity index (χ4n) is 2.36. The first-order valence-electron chi connectivity index (χ1n) is 6.67. The number of nitrogens with one attached hydrogen (secondary N) is 1. The van der Waals surface area contributed by atoms with Gasteiger partial charge in [0.25, 0.3) is 0 Å². The molecular weight excluding hydrogens is 248 g/mol. The van der Waals surface area contributed by atoms with Crippen molar-refractivity contribution in [3.63, 3.8) is 0 Å². The molecule has 1 N–H and O–H groups in total. The lowest BCUT2D eigenvalue weighted by Crippen LogP contribution is -2.41. The van der Waals surface area contributed by atoms with E-state index in [1.54, 1.807) is 0 Å². The number of methoxy groups -OCH3 is 1. The van der Waals surface area contributed by atoms with E-state index in [2.05, 4.69) is 37.9 Å². The van der Waals surface area contributed by atoms with Gasteiger partial charge >= 0.3 is 5.97 Å². The SMILES string of the molecule is COC(=O)[C@H]1CSC(CCN(C(C)C)C(C)C)N1. The number of nitrogens with zero attached hydrogens (tertiary/aromatic N) is 1. The summed E-state index contributed by atoms with van der Waals surface area (Å²) < 4.78 is 4.76. The number of esters is 1. The van der Waals surface area contributed by atoms with E-state index in [0.717, 1.165) is 18.7 Å². The minimum Gasteiger partial charge on any atom is -0.468 e. The maximum atomic E-state index is 11.4. The van der Waals surface area contributed by atoms with Gasteiger partial charge in [0, 0.05) is 24.4 Å². The van der Waals surface area contributed by atoms with Gasteiger partial charge in [-0.05, 0) is 34.1 Å². The van der Waals surface area contributed by atoms with E-state index in [-0.39, 0.29) is 12.0 Å². The van der Waals surface area contributed by atoms with Gasteiger partial charge in [-0.3, -0.25) is 15.0 Å². The molecule has 0 bridgehead atoms. The fraction of sp³-hybridized carbons (Fsp3) is 0.923. The Balaban J connectivity index is 2.34. The summed E-state index contributed by atoms with van der Waals surface area (Å²) >= 11 is 1.82. The van der Waals surface area contributed by atoms with Gasteiger partial charge in [0.1, 0.15) is 6.04 Å². The summed E-state index contributed by atoms with van der Waals surface area (Å²) in [5.74, 6) is 0.676. The molecule has 106 valence electrons. The molecule has 18 heavy (non-hydrogen) atoms. The summed E-state index contributed by atoms with van der Waals surface area (Å²) in [6, 6.07) is 0.997.